The average Bonchev–Trinajstić information content (AvgIpc) is 2.85. The molecule has 4 heteroatoms. The van der Waals surface area contributed by atoms with E-state index in [-0.39, 0.29) is 0 Å². The molecule has 1 aliphatic rings. The third kappa shape index (κ3) is 2.03. The van der Waals surface area contributed by atoms with Gasteiger partial charge < -0.3 is 15.6 Å². The second kappa shape index (κ2) is 5.10. The van der Waals surface area contributed by atoms with Gasteiger partial charge in [0.2, 0.25) is 0 Å². The first kappa shape index (κ1) is 11.7. The molecule has 1 atom stereocenters. The molecule has 3 rings (SSSR count). The van der Waals surface area contributed by atoms with E-state index in [2.05, 4.69) is 51.0 Å². The summed E-state index contributed by atoms with van der Waals surface area (Å²) in [5, 5.41) is 8.16. The van der Waals surface area contributed by atoms with Crippen LogP contribution < -0.4 is 10.6 Å². The smallest absolute Gasteiger partial charge is 0.0880 e. The minimum Gasteiger partial charge on any atom is -0.361 e. The molecule has 1 aliphatic heterocycles. The van der Waals surface area contributed by atoms with Gasteiger partial charge in [-0.05, 0) is 13.1 Å². The van der Waals surface area contributed by atoms with Crippen LogP contribution in [0.1, 0.15) is 11.7 Å². The Kier molecular flexibility index (Phi) is 3.32. The molecule has 1 saturated heterocycles. The summed E-state index contributed by atoms with van der Waals surface area (Å²) in [7, 11) is 2.04. The number of nitrogens with zero attached hydrogens (tertiary/aromatic N) is 1. The molecule has 1 aromatic heterocycles. The maximum atomic E-state index is 3.44. The van der Waals surface area contributed by atoms with E-state index >= 15 is 0 Å². The lowest BCUT2D eigenvalue weighted by Crippen LogP contribution is -2.48. The Labute approximate surface area is 107 Å². The van der Waals surface area contributed by atoms with Gasteiger partial charge in [-0.1, -0.05) is 18.2 Å². The van der Waals surface area contributed by atoms with Crippen molar-refractivity contribution in [1.29, 1.82) is 0 Å². The Morgan fingerprint density at radius 3 is 2.78 bits per heavy atom. The van der Waals surface area contributed by atoms with Crippen molar-refractivity contribution in [2.24, 2.45) is 0 Å². The fourth-order valence-electron chi connectivity index (χ4n) is 2.80. The molecule has 18 heavy (non-hydrogen) atoms. The van der Waals surface area contributed by atoms with Gasteiger partial charge in [0.1, 0.15) is 0 Å². The Morgan fingerprint density at radius 1 is 1.22 bits per heavy atom. The van der Waals surface area contributed by atoms with Crippen molar-refractivity contribution in [1.82, 2.24) is 20.5 Å². The third-order valence-corrected chi connectivity index (χ3v) is 3.71. The summed E-state index contributed by atoms with van der Waals surface area (Å²) in [4.78, 5) is 5.85. The predicted octanol–water partition coefficient (Wildman–Crippen LogP) is 1.29. The molecule has 0 bridgehead atoms. The number of aromatic nitrogens is 1. The van der Waals surface area contributed by atoms with Crippen LogP contribution in [0.5, 0.6) is 0 Å². The first-order valence-corrected chi connectivity index (χ1v) is 6.58. The highest BCUT2D eigenvalue weighted by atomic mass is 15.3. The van der Waals surface area contributed by atoms with Gasteiger partial charge in [-0.25, -0.2) is 0 Å². The Bertz CT molecular complexity index is 513. The van der Waals surface area contributed by atoms with Crippen LogP contribution in [0.2, 0.25) is 0 Å². The van der Waals surface area contributed by atoms with Crippen LogP contribution in [-0.4, -0.2) is 43.1 Å². The van der Waals surface area contributed by atoms with Crippen LogP contribution in [-0.2, 0) is 0 Å². The van der Waals surface area contributed by atoms with Gasteiger partial charge in [-0.2, -0.15) is 0 Å². The minimum atomic E-state index is 0.295. The van der Waals surface area contributed by atoms with Gasteiger partial charge in [0.15, 0.2) is 0 Å². The highest BCUT2D eigenvalue weighted by Gasteiger charge is 2.22. The molecular formula is C14H20N4. The summed E-state index contributed by atoms with van der Waals surface area (Å²) >= 11 is 0. The number of H-pyrrole nitrogens is 1. The normalized spacial score (nSPS) is 19.2. The predicted molar refractivity (Wildman–Crippen MR) is 74.5 cm³/mol. The van der Waals surface area contributed by atoms with E-state index < -0.39 is 0 Å². The number of fused-ring (bicyclic) bond motifs is 1. The number of para-hydroxylation sites is 1. The largest absolute Gasteiger partial charge is 0.361 e. The van der Waals surface area contributed by atoms with Crippen molar-refractivity contribution in [3.63, 3.8) is 0 Å². The highest BCUT2D eigenvalue weighted by molar-refractivity contribution is 5.83. The number of hydrogen-bond acceptors (Lipinski definition) is 3. The van der Waals surface area contributed by atoms with Crippen molar-refractivity contribution in [3.05, 3.63) is 36.0 Å². The number of hydrogen-bond donors (Lipinski definition) is 3. The molecule has 0 radical (unpaired) electrons. The van der Waals surface area contributed by atoms with E-state index in [1.54, 1.807) is 0 Å². The van der Waals surface area contributed by atoms with Crippen molar-refractivity contribution < 1.29 is 0 Å². The van der Waals surface area contributed by atoms with Crippen molar-refractivity contribution >= 4 is 10.9 Å². The fourth-order valence-corrected chi connectivity index (χ4v) is 2.80. The lowest BCUT2D eigenvalue weighted by atomic mass is 10.1. The summed E-state index contributed by atoms with van der Waals surface area (Å²) in [5.74, 6) is 0. The number of benzene rings is 1. The monoisotopic (exact) mass is 244 g/mol. The average molecular weight is 244 g/mol. The van der Waals surface area contributed by atoms with Crippen LogP contribution >= 0.6 is 0 Å². The van der Waals surface area contributed by atoms with Gasteiger partial charge in [-0.15, -0.1) is 0 Å². The van der Waals surface area contributed by atoms with E-state index in [1.807, 2.05) is 7.05 Å². The summed E-state index contributed by atoms with van der Waals surface area (Å²) in [6.45, 7) is 4.32. The molecule has 2 heterocycles. The lowest BCUT2D eigenvalue weighted by molar-refractivity contribution is 0.154. The van der Waals surface area contributed by atoms with Crippen LogP contribution in [0.3, 0.4) is 0 Å². The van der Waals surface area contributed by atoms with Crippen LogP contribution in [0.4, 0.5) is 0 Å². The zero-order chi connectivity index (χ0) is 12.4. The Hall–Kier alpha value is -1.36. The van der Waals surface area contributed by atoms with Crippen LogP contribution in [0, 0.1) is 0 Å². The molecule has 1 unspecified atom stereocenters. The summed E-state index contributed by atoms with van der Waals surface area (Å²) in [5.41, 5.74) is 2.55. The van der Waals surface area contributed by atoms with Crippen molar-refractivity contribution in [2.45, 2.75) is 6.17 Å². The van der Waals surface area contributed by atoms with E-state index in [1.165, 1.54) is 16.5 Å². The Balaban J connectivity index is 1.95. The van der Waals surface area contributed by atoms with E-state index in [0.717, 1.165) is 26.2 Å². The molecular weight excluding hydrogens is 224 g/mol. The van der Waals surface area contributed by atoms with Crippen molar-refractivity contribution in [2.75, 3.05) is 33.2 Å². The van der Waals surface area contributed by atoms with E-state index in [9.17, 15) is 0 Å². The maximum absolute atomic E-state index is 3.44. The molecule has 4 nitrogen and oxygen atoms in total. The van der Waals surface area contributed by atoms with Gasteiger partial charge in [0.05, 0.1) is 6.17 Å². The van der Waals surface area contributed by atoms with Gasteiger partial charge >= 0.3 is 0 Å². The second-order valence-electron chi connectivity index (χ2n) is 4.77. The first-order valence-electron chi connectivity index (χ1n) is 6.58. The van der Waals surface area contributed by atoms with Crippen molar-refractivity contribution in [3.8, 4) is 0 Å². The van der Waals surface area contributed by atoms with Crippen LogP contribution in [0.25, 0.3) is 10.9 Å². The topological polar surface area (TPSA) is 43.1 Å². The van der Waals surface area contributed by atoms with E-state index in [0.29, 0.717) is 6.17 Å². The number of nitrogens with one attached hydrogen (secondary N) is 3. The molecule has 1 fully saturated rings. The third-order valence-electron chi connectivity index (χ3n) is 3.71. The standard InChI is InChI=1S/C14H20N4/c1-15-14(18-8-6-16-7-9-18)12-10-17-13-5-3-2-4-11(12)13/h2-5,10,14-17H,6-9H2,1H3. The highest BCUT2D eigenvalue weighted by Crippen LogP contribution is 2.26. The maximum Gasteiger partial charge on any atom is 0.0880 e. The minimum absolute atomic E-state index is 0.295. The van der Waals surface area contributed by atoms with Gasteiger partial charge in [-0.3, -0.25) is 4.90 Å². The second-order valence-corrected chi connectivity index (χ2v) is 4.77. The molecule has 0 aliphatic carbocycles. The molecule has 1 aromatic carbocycles. The zero-order valence-corrected chi connectivity index (χ0v) is 10.7. The summed E-state index contributed by atoms with van der Waals surface area (Å²) < 4.78 is 0. The SMILES string of the molecule is CNC(c1c[nH]c2ccccc12)N1CCNCC1. The molecule has 2 aromatic rings. The summed E-state index contributed by atoms with van der Waals surface area (Å²) in [6.07, 6.45) is 2.43. The number of piperazine rings is 1. The Morgan fingerprint density at radius 2 is 2.00 bits per heavy atom. The molecule has 3 N–H and O–H groups in total. The molecule has 96 valence electrons. The molecule has 0 saturated carbocycles. The van der Waals surface area contributed by atoms with Gasteiger partial charge in [0.25, 0.3) is 0 Å². The van der Waals surface area contributed by atoms with E-state index in [4.69, 9.17) is 0 Å². The summed E-state index contributed by atoms with van der Waals surface area (Å²) in [6, 6.07) is 8.49. The zero-order valence-electron chi connectivity index (χ0n) is 10.7. The van der Waals surface area contributed by atoms with Crippen LogP contribution in [0.15, 0.2) is 30.5 Å². The number of aromatic amines is 1. The first-order chi connectivity index (χ1) is 8.90. The van der Waals surface area contributed by atoms with Gasteiger partial charge in [0, 0.05) is 48.8 Å². The number of rotatable bonds is 3. The fraction of sp³-hybridized carbons (Fsp3) is 0.429. The molecule has 0 spiro atoms. The quantitative estimate of drug-likeness (QED) is 0.762. The lowest BCUT2D eigenvalue weighted by Gasteiger charge is -2.34. The molecule has 0 amide bonds.